The van der Waals surface area contributed by atoms with Crippen LogP contribution in [0.15, 0.2) is 72.9 Å². The number of phenols is 1. The zero-order chi connectivity index (χ0) is 43.3. The Morgan fingerprint density at radius 3 is 2.45 bits per heavy atom. The van der Waals surface area contributed by atoms with Gasteiger partial charge in [-0.15, -0.1) is 10.2 Å². The molecule has 0 unspecified atom stereocenters. The van der Waals surface area contributed by atoms with Crippen LogP contribution in [0, 0.1) is 13.8 Å². The number of para-hydroxylation sites is 1. The second-order valence-corrected chi connectivity index (χ2v) is 17.6. The van der Waals surface area contributed by atoms with Gasteiger partial charge in [0.05, 0.1) is 17.5 Å². The number of morpholine rings is 1. The normalized spacial score (nSPS) is 21.4. The summed E-state index contributed by atoms with van der Waals surface area (Å²) in [5.74, 6) is 0.0607. The summed E-state index contributed by atoms with van der Waals surface area (Å²) >= 11 is 0. The number of aromatic nitrogens is 3. The number of hydrogen-bond acceptors (Lipinski definition) is 10. The number of amides is 4. The number of nitrogens with two attached hydrogens (primary N) is 1. The van der Waals surface area contributed by atoms with Crippen LogP contribution in [0.25, 0.3) is 22.2 Å². The fourth-order valence-corrected chi connectivity index (χ4v) is 9.86. The van der Waals surface area contributed by atoms with E-state index in [0.717, 1.165) is 59.2 Å². The zero-order valence-electron chi connectivity index (χ0n) is 35.5. The van der Waals surface area contributed by atoms with E-state index in [1.165, 1.54) is 0 Å². The number of carbonyl (C=O) groups excluding carboxylic acids is 3. The summed E-state index contributed by atoms with van der Waals surface area (Å²) in [4.78, 5) is 45.8. The van der Waals surface area contributed by atoms with Gasteiger partial charge in [0.15, 0.2) is 5.82 Å². The van der Waals surface area contributed by atoms with E-state index < -0.39 is 5.67 Å². The SMILES string of the molecule is Cc1cc(C(=O)N2CCC(F)(CN3CCC(n4ccc5cc(N6CCC(=O)NC6=O)c(C)cc54)CC3)CC2)ccc1[C@@H]1CN(c2cc(-c3ccccc3O)nnc2N)C[C@H](C)O1. The number of nitrogen functional groups attached to an aromatic ring is 1. The number of benzene rings is 3. The smallest absolute Gasteiger partial charge is 0.328 e. The summed E-state index contributed by atoms with van der Waals surface area (Å²) in [6, 6.07) is 20.7. The maximum atomic E-state index is 16.4. The van der Waals surface area contributed by atoms with Crippen molar-refractivity contribution >= 4 is 45.9 Å². The van der Waals surface area contributed by atoms with Crippen molar-refractivity contribution in [3.05, 3.63) is 95.2 Å². The molecule has 0 bridgehead atoms. The molecule has 324 valence electrons. The third kappa shape index (κ3) is 8.18. The number of nitrogens with zero attached hydrogens (tertiary/aromatic N) is 7. The molecule has 9 rings (SSSR count). The third-order valence-corrected chi connectivity index (χ3v) is 13.2. The van der Waals surface area contributed by atoms with E-state index >= 15 is 4.39 Å². The topological polar surface area (TPSA) is 162 Å². The molecule has 4 amide bonds. The Kier molecular flexibility index (Phi) is 11.1. The van der Waals surface area contributed by atoms with Crippen LogP contribution in [-0.2, 0) is 9.53 Å². The van der Waals surface area contributed by atoms with Crippen molar-refractivity contribution < 1.29 is 28.6 Å². The minimum Gasteiger partial charge on any atom is -0.507 e. The van der Waals surface area contributed by atoms with Crippen LogP contribution in [0.3, 0.4) is 0 Å². The second kappa shape index (κ2) is 16.7. The summed E-state index contributed by atoms with van der Waals surface area (Å²) in [5, 5.41) is 22.3. The fourth-order valence-electron chi connectivity index (χ4n) is 9.86. The quantitative estimate of drug-likeness (QED) is 0.153. The van der Waals surface area contributed by atoms with E-state index in [0.29, 0.717) is 80.4 Å². The number of rotatable bonds is 8. The van der Waals surface area contributed by atoms with Gasteiger partial charge in [-0.3, -0.25) is 19.8 Å². The first kappa shape index (κ1) is 41.3. The molecule has 5 aromatic rings. The van der Waals surface area contributed by atoms with Crippen molar-refractivity contribution in [2.45, 2.75) is 76.8 Å². The van der Waals surface area contributed by atoms with Crippen LogP contribution in [0.2, 0.25) is 0 Å². The number of piperidine rings is 2. The number of likely N-dealkylation sites (tertiary alicyclic amines) is 2. The Hall–Kier alpha value is -6.06. The van der Waals surface area contributed by atoms with Crippen LogP contribution in [0.5, 0.6) is 5.75 Å². The van der Waals surface area contributed by atoms with Gasteiger partial charge < -0.3 is 34.8 Å². The number of halogens is 1. The summed E-state index contributed by atoms with van der Waals surface area (Å²) < 4.78 is 25.2. The number of fused-ring (bicyclic) bond motifs is 1. The lowest BCUT2D eigenvalue weighted by molar-refractivity contribution is -0.120. The molecule has 62 heavy (non-hydrogen) atoms. The van der Waals surface area contributed by atoms with Crippen molar-refractivity contribution in [1.82, 2.24) is 29.9 Å². The van der Waals surface area contributed by atoms with Crippen molar-refractivity contribution in [3.8, 4) is 17.0 Å². The molecule has 0 saturated carbocycles. The highest BCUT2D eigenvalue weighted by Crippen LogP contribution is 2.38. The number of aromatic hydroxyl groups is 1. The van der Waals surface area contributed by atoms with Crippen molar-refractivity contribution in [2.24, 2.45) is 0 Å². The van der Waals surface area contributed by atoms with Crippen LogP contribution < -0.4 is 20.9 Å². The number of hydrogen-bond donors (Lipinski definition) is 3. The standard InChI is InChI=1S/C47H54FN9O5/c1-29-22-33(8-9-35(29)42-27-55(26-31(3)62-42)40-25-37(51-52-44(40)49)36-6-4-5-7-41(36)58)45(60)54-20-14-47(48,15-21-54)28-53-16-11-34(12-17-53)56-18-10-32-24-38(30(2)23-39(32)56)57-19-13-43(59)50-46(57)61/h4-10,18,22-25,31,34,42,58H,11-17,19-21,26-28H2,1-3H3,(H2,49,52)(H,50,59,61)/t31-,42-/m0/s1. The van der Waals surface area contributed by atoms with Gasteiger partial charge in [0.2, 0.25) is 5.91 Å². The molecule has 2 aromatic heterocycles. The lowest BCUT2D eigenvalue weighted by Gasteiger charge is -2.41. The van der Waals surface area contributed by atoms with Gasteiger partial charge in [-0.25, -0.2) is 9.18 Å². The predicted molar refractivity (Wildman–Crippen MR) is 236 cm³/mol. The molecule has 3 aromatic carbocycles. The predicted octanol–water partition coefficient (Wildman–Crippen LogP) is 6.70. The summed E-state index contributed by atoms with van der Waals surface area (Å²) in [5.41, 5.74) is 12.2. The molecule has 0 spiro atoms. The first-order chi connectivity index (χ1) is 29.8. The van der Waals surface area contributed by atoms with Gasteiger partial charge in [-0.2, -0.15) is 0 Å². The highest BCUT2D eigenvalue weighted by Gasteiger charge is 2.39. The Morgan fingerprint density at radius 2 is 1.71 bits per heavy atom. The van der Waals surface area contributed by atoms with Crippen molar-refractivity contribution in [2.75, 3.05) is 67.9 Å². The maximum absolute atomic E-state index is 16.4. The summed E-state index contributed by atoms with van der Waals surface area (Å²) in [7, 11) is 0. The van der Waals surface area contributed by atoms with Gasteiger partial charge >= 0.3 is 6.03 Å². The summed E-state index contributed by atoms with van der Waals surface area (Å²) in [6.07, 6.45) is 4.37. The summed E-state index contributed by atoms with van der Waals surface area (Å²) in [6.45, 7) is 10.1. The highest BCUT2D eigenvalue weighted by atomic mass is 19.1. The van der Waals surface area contributed by atoms with E-state index in [1.807, 2.05) is 57.2 Å². The minimum atomic E-state index is -1.36. The number of nitrogens with one attached hydrogen (secondary N) is 1. The number of anilines is 3. The van der Waals surface area contributed by atoms with Crippen LogP contribution in [0.4, 0.5) is 26.4 Å². The maximum Gasteiger partial charge on any atom is 0.328 e. The van der Waals surface area contributed by atoms with Crippen LogP contribution in [-0.4, -0.2) is 112 Å². The molecule has 0 radical (unpaired) electrons. The molecule has 4 fully saturated rings. The van der Waals surface area contributed by atoms with E-state index in [2.05, 4.69) is 48.2 Å². The minimum absolute atomic E-state index is 0.0926. The Morgan fingerprint density at radius 1 is 0.935 bits per heavy atom. The van der Waals surface area contributed by atoms with E-state index in [1.54, 1.807) is 28.0 Å². The molecule has 6 heterocycles. The lowest BCUT2D eigenvalue weighted by atomic mass is 9.91. The molecule has 0 aliphatic carbocycles. The number of ether oxygens (including phenoxy) is 1. The third-order valence-electron chi connectivity index (χ3n) is 13.2. The lowest BCUT2D eigenvalue weighted by Crippen LogP contribution is -2.51. The Balaban J connectivity index is 0.789. The van der Waals surface area contributed by atoms with E-state index in [9.17, 15) is 19.5 Å². The number of phenolic OH excluding ortho intramolecular Hbond substituents is 1. The highest BCUT2D eigenvalue weighted by molar-refractivity contribution is 6.06. The van der Waals surface area contributed by atoms with Crippen LogP contribution in [0.1, 0.15) is 78.2 Å². The Bertz CT molecular complexity index is 2530. The molecule has 2 atom stereocenters. The van der Waals surface area contributed by atoms with Gasteiger partial charge in [0.1, 0.15) is 17.5 Å². The van der Waals surface area contributed by atoms with Gasteiger partial charge in [-0.1, -0.05) is 18.2 Å². The number of urea groups is 1. The molecule has 14 nitrogen and oxygen atoms in total. The molecular weight excluding hydrogens is 790 g/mol. The fraction of sp³-hybridized carbons (Fsp3) is 0.426. The van der Waals surface area contributed by atoms with Gasteiger partial charge in [-0.05, 0) is 98.8 Å². The first-order valence-electron chi connectivity index (χ1n) is 21.7. The average Bonchev–Trinajstić information content (AvgIpc) is 3.66. The van der Waals surface area contributed by atoms with Crippen LogP contribution >= 0.6 is 0 Å². The van der Waals surface area contributed by atoms with Gasteiger partial charge in [0.25, 0.3) is 5.91 Å². The second-order valence-electron chi connectivity index (χ2n) is 17.6. The molecule has 4 saturated heterocycles. The number of carbonyl (C=O) groups is 3. The van der Waals surface area contributed by atoms with Crippen molar-refractivity contribution in [1.29, 1.82) is 0 Å². The monoisotopic (exact) mass is 843 g/mol. The number of aryl methyl sites for hydroxylation is 2. The zero-order valence-corrected chi connectivity index (χ0v) is 35.5. The molecule has 4 aliphatic rings. The molecule has 4 N–H and O–H groups in total. The molecule has 15 heteroatoms. The average molecular weight is 844 g/mol. The van der Waals surface area contributed by atoms with Crippen molar-refractivity contribution in [3.63, 3.8) is 0 Å². The molecule has 4 aliphatic heterocycles. The van der Waals surface area contributed by atoms with Gasteiger partial charge in [0, 0.05) is 112 Å². The first-order valence-corrected chi connectivity index (χ1v) is 21.7. The molecular formula is C47H54FN9O5. The largest absolute Gasteiger partial charge is 0.507 e. The number of alkyl halides is 1. The van der Waals surface area contributed by atoms with E-state index in [4.69, 9.17) is 10.5 Å². The Labute approximate surface area is 360 Å². The number of imide groups is 1. The van der Waals surface area contributed by atoms with E-state index in [-0.39, 0.29) is 48.3 Å².